The molecule has 1 aromatic heterocycles. The first-order valence-corrected chi connectivity index (χ1v) is 24.5. The fraction of sp³-hybridized carbons (Fsp3) is 0.316. The molecule has 1 heterocycles. The van der Waals surface area contributed by atoms with Crippen LogP contribution in [0.1, 0.15) is 14.8 Å². The zero-order valence-electron chi connectivity index (χ0n) is 14.0. The van der Waals surface area contributed by atoms with Crippen LogP contribution in [0.25, 0.3) is 6.08 Å². The summed E-state index contributed by atoms with van der Waals surface area (Å²) in [7, 11) is 0. The Morgan fingerprint density at radius 2 is 1.48 bits per heavy atom. The normalized spacial score (nSPS) is 25.3. The van der Waals surface area contributed by atoms with Crippen LogP contribution in [0.15, 0.2) is 54.9 Å². The average Bonchev–Trinajstić information content (AvgIpc) is 2.97. The zero-order valence-corrected chi connectivity index (χ0v) is 16.5. The van der Waals surface area contributed by atoms with Gasteiger partial charge in [0.15, 0.2) is 0 Å². The molecule has 1 aliphatic rings. The van der Waals surface area contributed by atoms with E-state index in [1.54, 1.807) is 0 Å². The summed E-state index contributed by atoms with van der Waals surface area (Å²) in [6.07, 6.45) is 9.05. The molecule has 0 spiro atoms. The molecular weight excluding hydrogens is 333 g/mol. The van der Waals surface area contributed by atoms with Gasteiger partial charge in [-0.25, -0.2) is 0 Å². The molecule has 1 aromatic carbocycles. The van der Waals surface area contributed by atoms with Gasteiger partial charge in [0.1, 0.15) is 0 Å². The minimum atomic E-state index is -4.96. The molecule has 0 fully saturated rings. The van der Waals surface area contributed by atoms with E-state index in [0.29, 0.717) is 3.63 Å². The Morgan fingerprint density at radius 1 is 0.905 bits per heavy atom. The summed E-state index contributed by atoms with van der Waals surface area (Å²) in [5, 5.41) is 0. The number of benzene rings is 1. The quantitative estimate of drug-likeness (QED) is 0.619. The van der Waals surface area contributed by atoms with E-state index in [-0.39, 0.29) is 0 Å². The van der Waals surface area contributed by atoms with E-state index in [2.05, 4.69) is 86.6 Å². The van der Waals surface area contributed by atoms with Crippen LogP contribution in [0.5, 0.6) is 0 Å². The molecule has 1 nitrogen and oxygen atoms in total. The number of nitrogens with zero attached hydrogens (tertiary/aromatic N) is 1. The molecule has 0 N–H and O–H groups in total. The Morgan fingerprint density at radius 3 is 2.10 bits per heavy atom. The SMILES string of the molecule is [CH2]=[Zr]([CH3])([CH3])([CH3])([CH3])([CH3])([CH]1C=Cc2ccccc21)[n]1cccc1. The fourth-order valence-corrected chi connectivity index (χ4v) is 18.5. The Bertz CT molecular complexity index is 913. The van der Waals surface area contributed by atoms with E-state index in [4.69, 9.17) is 4.21 Å². The zero-order chi connectivity index (χ0) is 15.7. The minimum absolute atomic E-state index is 0.304. The van der Waals surface area contributed by atoms with Crippen LogP contribution < -0.4 is 0 Å². The summed E-state index contributed by atoms with van der Waals surface area (Å²) in [6.45, 7) is 0. The first kappa shape index (κ1) is 14.9. The van der Waals surface area contributed by atoms with Gasteiger partial charge in [0.25, 0.3) is 0 Å². The number of fused-ring (bicyclic) bond motifs is 1. The molecule has 3 rings (SSSR count). The number of aromatic nitrogens is 1. The number of allylic oxidation sites excluding steroid dienone is 1. The second-order valence-corrected chi connectivity index (χ2v) is 64.5. The molecule has 1 aliphatic carbocycles. The van der Waals surface area contributed by atoms with Crippen LogP contribution in [0.4, 0.5) is 0 Å². The van der Waals surface area contributed by atoms with Gasteiger partial charge in [-0.15, -0.1) is 0 Å². The average molecular weight is 362 g/mol. The van der Waals surface area contributed by atoms with E-state index in [1.807, 2.05) is 0 Å². The summed E-state index contributed by atoms with van der Waals surface area (Å²) < 4.78 is 20.1. The molecule has 0 aliphatic heterocycles. The van der Waals surface area contributed by atoms with Crippen LogP contribution in [-0.2, 0) is 14.1 Å². The topological polar surface area (TPSA) is 4.93 Å². The summed E-state index contributed by atoms with van der Waals surface area (Å²) in [6, 6.07) is 13.0. The summed E-state index contributed by atoms with van der Waals surface area (Å²) in [5.74, 6) is 0. The van der Waals surface area contributed by atoms with Crippen molar-refractivity contribution in [2.24, 2.45) is 0 Å². The third-order valence-electron chi connectivity index (χ3n) is 5.94. The van der Waals surface area contributed by atoms with Gasteiger partial charge in [0.2, 0.25) is 0 Å². The number of rotatable bonds is 2. The standard InChI is InChI=1S/C9H7.C4H4N.5CH3.CH2.Zr/c1-2-5-9-7-3-6-8(9)4-1;1-2-4-5-3-1;;;;;;;/h1-7H;1-4H;5*1H3;1H2;/q;-1;;;;;;;+1. The molecule has 113 valence electrons. The fourth-order valence-electron chi connectivity index (χ4n) is 4.23. The monoisotopic (exact) mass is 360 g/mol. The van der Waals surface area contributed by atoms with E-state index in [1.165, 1.54) is 11.1 Å². The maximum atomic E-state index is 5.11. The van der Waals surface area contributed by atoms with Gasteiger partial charge in [-0.05, 0) is 0 Å². The van der Waals surface area contributed by atoms with Crippen molar-refractivity contribution < 1.29 is 14.1 Å². The van der Waals surface area contributed by atoms with Crippen molar-refractivity contribution in [3.63, 3.8) is 0 Å². The second-order valence-electron chi connectivity index (χ2n) is 13.4. The molecule has 21 heavy (non-hydrogen) atoms. The Labute approximate surface area is 119 Å². The summed E-state index contributed by atoms with van der Waals surface area (Å²) >= 11 is -4.96. The second kappa shape index (κ2) is 2.56. The van der Waals surface area contributed by atoms with Gasteiger partial charge in [-0.2, -0.15) is 0 Å². The molecule has 0 saturated heterocycles. The number of hydrogen-bond donors (Lipinski definition) is 0. The van der Waals surface area contributed by atoms with Crippen molar-refractivity contribution in [2.45, 2.75) is 26.8 Å². The first-order valence-electron chi connectivity index (χ1n) is 7.95. The van der Waals surface area contributed by atoms with Gasteiger partial charge in [-0.3, -0.25) is 0 Å². The molecule has 1 atom stereocenters. The van der Waals surface area contributed by atoms with Crippen molar-refractivity contribution in [3.05, 3.63) is 66.0 Å². The third kappa shape index (κ3) is 1.88. The van der Waals surface area contributed by atoms with Crippen LogP contribution in [-0.4, -0.2) is 6.72 Å². The van der Waals surface area contributed by atoms with Crippen molar-refractivity contribution in [1.82, 2.24) is 2.51 Å². The molecule has 1 unspecified atom stereocenters. The van der Waals surface area contributed by atoms with Crippen LogP contribution in [0.3, 0.4) is 0 Å². The van der Waals surface area contributed by atoms with Gasteiger partial charge in [-0.1, -0.05) is 0 Å². The van der Waals surface area contributed by atoms with Crippen LogP contribution in [0.2, 0.25) is 23.2 Å². The Kier molecular flexibility index (Phi) is 1.82. The van der Waals surface area contributed by atoms with E-state index in [9.17, 15) is 0 Å². The van der Waals surface area contributed by atoms with Crippen LogP contribution in [0, 0.1) is 0 Å². The van der Waals surface area contributed by atoms with Gasteiger partial charge >= 0.3 is 120 Å². The molecule has 0 bridgehead atoms. The third-order valence-corrected chi connectivity index (χ3v) is 25.3. The summed E-state index contributed by atoms with van der Waals surface area (Å²) in [5.41, 5.74) is 2.74. The Hall–Kier alpha value is -1.01. The van der Waals surface area contributed by atoms with E-state index in [0.717, 1.165) is 0 Å². The van der Waals surface area contributed by atoms with Crippen molar-refractivity contribution >= 4 is 10.3 Å². The van der Waals surface area contributed by atoms with E-state index < -0.39 is 14.1 Å². The Balaban J connectivity index is 2.51. The summed E-state index contributed by atoms with van der Waals surface area (Å²) in [4.78, 5) is 0. The number of hydrogen-bond acceptors (Lipinski definition) is 0. The van der Waals surface area contributed by atoms with Gasteiger partial charge in [0, 0.05) is 0 Å². The first-order chi connectivity index (χ1) is 9.15. The van der Waals surface area contributed by atoms with Crippen molar-refractivity contribution in [2.75, 3.05) is 0 Å². The molecule has 2 heteroatoms. The molecule has 0 amide bonds. The predicted octanol–water partition coefficient (Wildman–Crippen LogP) is 5.99. The maximum absolute atomic E-state index is 5.11. The van der Waals surface area contributed by atoms with Crippen molar-refractivity contribution in [3.8, 4) is 0 Å². The predicted molar refractivity (Wildman–Crippen MR) is 94.5 cm³/mol. The van der Waals surface area contributed by atoms with E-state index >= 15 is 0 Å². The molecule has 2 aromatic rings. The molecular formula is C19H28NZr. The van der Waals surface area contributed by atoms with Gasteiger partial charge in [0.05, 0.1) is 0 Å². The van der Waals surface area contributed by atoms with Crippen molar-refractivity contribution in [1.29, 1.82) is 0 Å². The van der Waals surface area contributed by atoms with Crippen LogP contribution >= 0.6 is 0 Å². The molecule has 0 radical (unpaired) electrons. The van der Waals surface area contributed by atoms with Gasteiger partial charge < -0.3 is 0 Å². The molecule has 0 saturated carbocycles.